The van der Waals surface area contributed by atoms with Crippen molar-refractivity contribution < 1.29 is 9.13 Å². The van der Waals surface area contributed by atoms with E-state index in [0.717, 1.165) is 6.07 Å². The van der Waals surface area contributed by atoms with Gasteiger partial charge in [-0.15, -0.1) is 0 Å². The van der Waals surface area contributed by atoms with E-state index < -0.39 is 5.82 Å². The average Bonchev–Trinajstić information content (AvgIpc) is 2.07. The molecule has 1 aromatic rings. The van der Waals surface area contributed by atoms with Crippen LogP contribution in [0.15, 0.2) is 12.1 Å². The van der Waals surface area contributed by atoms with Crippen LogP contribution in [-0.2, 0) is 0 Å². The van der Waals surface area contributed by atoms with Gasteiger partial charge in [0.15, 0.2) is 0 Å². The molecule has 1 rings (SSSR count). The van der Waals surface area contributed by atoms with Crippen LogP contribution in [0.4, 0.5) is 4.39 Å². The first-order chi connectivity index (χ1) is 6.13. The molecule has 0 N–H and O–H groups in total. The van der Waals surface area contributed by atoms with Crippen molar-refractivity contribution in [2.45, 2.75) is 20.0 Å². The van der Waals surface area contributed by atoms with Gasteiger partial charge in [-0.2, -0.15) is 5.26 Å². The lowest BCUT2D eigenvalue weighted by Crippen LogP contribution is -2.06. The van der Waals surface area contributed by atoms with Gasteiger partial charge in [0.2, 0.25) is 0 Å². The summed E-state index contributed by atoms with van der Waals surface area (Å²) in [5.74, 6) is -0.174. The summed E-state index contributed by atoms with van der Waals surface area (Å²) in [5, 5.41) is 8.65. The van der Waals surface area contributed by atoms with Gasteiger partial charge in [0.05, 0.1) is 11.7 Å². The molecule has 0 unspecified atom stereocenters. The first-order valence-electron chi connectivity index (χ1n) is 3.91. The molecule has 0 amide bonds. The van der Waals surface area contributed by atoms with Crippen LogP contribution in [-0.4, -0.2) is 6.10 Å². The molecule has 2 nitrogen and oxygen atoms in total. The van der Waals surface area contributed by atoms with Gasteiger partial charge >= 0.3 is 0 Å². The average molecular weight is 178 g/mol. The second-order valence-electron chi connectivity index (χ2n) is 2.84. The minimum absolute atomic E-state index is 0.0361. The van der Waals surface area contributed by atoms with Gasteiger partial charge < -0.3 is 4.74 Å². The summed E-state index contributed by atoms with van der Waals surface area (Å²) in [6.07, 6.45) is -0.0361. The zero-order chi connectivity index (χ0) is 9.84. The molecule has 13 heavy (non-hydrogen) atoms. The second-order valence-corrected chi connectivity index (χ2v) is 2.84. The number of rotatable bonds is 2. The molecule has 0 saturated carbocycles. The number of hydrogen-bond acceptors (Lipinski definition) is 2. The molecule has 0 aromatic heterocycles. The fourth-order valence-electron chi connectivity index (χ4n) is 0.891. The van der Waals surface area contributed by atoms with Gasteiger partial charge in [0, 0.05) is 6.07 Å². The zero-order valence-corrected chi connectivity index (χ0v) is 7.47. The lowest BCUT2D eigenvalue weighted by Gasteiger charge is -2.10. The number of hydrogen-bond donors (Lipinski definition) is 0. The van der Waals surface area contributed by atoms with Crippen LogP contribution < -0.4 is 4.74 Å². The number of nitrogens with zero attached hydrogens (tertiary/aromatic N) is 1. The lowest BCUT2D eigenvalue weighted by atomic mass is 10.2. The van der Waals surface area contributed by atoms with Gasteiger partial charge in [0.1, 0.15) is 17.6 Å². The van der Waals surface area contributed by atoms with Gasteiger partial charge in [-0.25, -0.2) is 4.39 Å². The molecule has 67 valence electrons. The molecule has 0 spiro atoms. The highest BCUT2D eigenvalue weighted by Gasteiger charge is 2.06. The maximum atomic E-state index is 12.6. The summed E-state index contributed by atoms with van der Waals surface area (Å²) < 4.78 is 17.9. The van der Waals surface area contributed by atoms with Crippen LogP contribution in [0, 0.1) is 23.2 Å². The van der Waals surface area contributed by atoms with E-state index in [9.17, 15) is 4.39 Å². The van der Waals surface area contributed by atoms with Crippen LogP contribution in [0.5, 0.6) is 5.75 Å². The van der Waals surface area contributed by atoms with Crippen molar-refractivity contribution in [3.8, 4) is 11.8 Å². The van der Waals surface area contributed by atoms with Gasteiger partial charge in [-0.3, -0.25) is 0 Å². The molecule has 0 atom stereocenters. The normalized spacial score (nSPS) is 9.77. The molecule has 0 saturated heterocycles. The summed E-state index contributed by atoms with van der Waals surface area (Å²) in [6.45, 7) is 3.68. The maximum Gasteiger partial charge on any atom is 0.138 e. The Labute approximate surface area is 76.6 Å². The van der Waals surface area contributed by atoms with Crippen LogP contribution >= 0.6 is 0 Å². The number of ether oxygens (including phenoxy) is 1. The van der Waals surface area contributed by atoms with E-state index in [4.69, 9.17) is 10.00 Å². The minimum atomic E-state index is -0.548. The molecule has 0 heterocycles. The fourth-order valence-corrected chi connectivity index (χ4v) is 0.891. The SMILES string of the molecule is CC(C)Oc1c[c]c(F)cc1C#N. The summed E-state index contributed by atoms with van der Waals surface area (Å²) in [5.41, 5.74) is 0.199. The smallest absolute Gasteiger partial charge is 0.138 e. The Morgan fingerprint density at radius 3 is 2.85 bits per heavy atom. The topological polar surface area (TPSA) is 33.0 Å². The maximum absolute atomic E-state index is 12.6. The van der Waals surface area contributed by atoms with Crippen LogP contribution in [0.3, 0.4) is 0 Å². The van der Waals surface area contributed by atoms with Crippen molar-refractivity contribution in [2.75, 3.05) is 0 Å². The first-order valence-corrected chi connectivity index (χ1v) is 3.91. The molecule has 0 aliphatic rings. The Morgan fingerprint density at radius 1 is 1.62 bits per heavy atom. The largest absolute Gasteiger partial charge is 0.490 e. The van der Waals surface area contributed by atoms with Crippen LogP contribution in [0.1, 0.15) is 19.4 Å². The van der Waals surface area contributed by atoms with Gasteiger partial charge in [-0.1, -0.05) is 0 Å². The molecule has 1 aromatic carbocycles. The summed E-state index contributed by atoms with van der Waals surface area (Å²) in [4.78, 5) is 0. The standard InChI is InChI=1S/C10H9FNO/c1-7(2)13-10-4-3-9(11)5-8(10)6-12/h4-5,7H,1-2H3. The Kier molecular flexibility index (Phi) is 2.86. The molecular weight excluding hydrogens is 169 g/mol. The molecule has 0 bridgehead atoms. The van der Waals surface area contributed by atoms with E-state index in [1.807, 2.05) is 19.9 Å². The molecule has 0 fully saturated rings. The molecule has 1 radical (unpaired) electrons. The van der Waals surface area contributed by atoms with E-state index in [-0.39, 0.29) is 11.7 Å². The Balaban J connectivity index is 3.01. The van der Waals surface area contributed by atoms with E-state index in [0.29, 0.717) is 5.75 Å². The summed E-state index contributed by atoms with van der Waals surface area (Å²) in [7, 11) is 0. The quantitative estimate of drug-likeness (QED) is 0.696. The highest BCUT2D eigenvalue weighted by atomic mass is 19.1. The third-order valence-electron chi connectivity index (χ3n) is 1.36. The predicted molar refractivity (Wildman–Crippen MR) is 45.7 cm³/mol. The Morgan fingerprint density at radius 2 is 2.31 bits per heavy atom. The van der Waals surface area contributed by atoms with Gasteiger partial charge in [-0.05, 0) is 26.0 Å². The zero-order valence-electron chi connectivity index (χ0n) is 7.47. The van der Waals surface area contributed by atoms with E-state index in [2.05, 4.69) is 6.07 Å². The summed E-state index contributed by atoms with van der Waals surface area (Å²) in [6, 6.07) is 6.64. The van der Waals surface area contributed by atoms with Crippen molar-refractivity contribution in [3.05, 3.63) is 29.6 Å². The highest BCUT2D eigenvalue weighted by Crippen LogP contribution is 2.19. The van der Waals surface area contributed by atoms with Crippen LogP contribution in [0.2, 0.25) is 0 Å². The van der Waals surface area contributed by atoms with E-state index in [1.165, 1.54) is 6.07 Å². The molecular formula is C10H9FNO. The number of benzene rings is 1. The van der Waals surface area contributed by atoms with Crippen molar-refractivity contribution in [3.63, 3.8) is 0 Å². The third-order valence-corrected chi connectivity index (χ3v) is 1.36. The highest BCUT2D eigenvalue weighted by molar-refractivity contribution is 5.42. The van der Waals surface area contributed by atoms with E-state index in [1.54, 1.807) is 0 Å². The first kappa shape index (κ1) is 9.53. The lowest BCUT2D eigenvalue weighted by molar-refractivity contribution is 0.241. The Hall–Kier alpha value is -1.56. The number of nitriles is 1. The molecule has 0 aliphatic carbocycles. The van der Waals surface area contributed by atoms with E-state index >= 15 is 0 Å². The van der Waals surface area contributed by atoms with Crippen LogP contribution in [0.25, 0.3) is 0 Å². The monoisotopic (exact) mass is 178 g/mol. The second kappa shape index (κ2) is 3.90. The number of halogens is 1. The van der Waals surface area contributed by atoms with Gasteiger partial charge in [0.25, 0.3) is 0 Å². The predicted octanol–water partition coefficient (Wildman–Crippen LogP) is 2.28. The molecule has 3 heteroatoms. The Bertz CT molecular complexity index is 341. The fraction of sp³-hybridized carbons (Fsp3) is 0.300. The van der Waals surface area contributed by atoms with Crippen molar-refractivity contribution in [1.82, 2.24) is 0 Å². The third kappa shape index (κ3) is 2.45. The van der Waals surface area contributed by atoms with Crippen molar-refractivity contribution in [1.29, 1.82) is 5.26 Å². The van der Waals surface area contributed by atoms with Crippen molar-refractivity contribution >= 4 is 0 Å². The van der Waals surface area contributed by atoms with Crippen molar-refractivity contribution in [2.24, 2.45) is 0 Å². The minimum Gasteiger partial charge on any atom is -0.490 e. The molecule has 0 aliphatic heterocycles. The summed E-state index contributed by atoms with van der Waals surface area (Å²) >= 11 is 0.